The first-order valence-electron chi connectivity index (χ1n) is 16.0. The fourth-order valence-corrected chi connectivity index (χ4v) is 8.00. The first-order chi connectivity index (χ1) is 22.9. The van der Waals surface area contributed by atoms with Gasteiger partial charge in [0.15, 0.2) is 5.82 Å². The maximum Gasteiger partial charge on any atom is 0.410 e. The van der Waals surface area contributed by atoms with Crippen LogP contribution in [0.1, 0.15) is 63.5 Å². The Kier molecular flexibility index (Phi) is 10.1. The summed E-state index contributed by atoms with van der Waals surface area (Å²) >= 11 is 15.3. The lowest BCUT2D eigenvalue weighted by molar-refractivity contribution is 0.0239. The van der Waals surface area contributed by atoms with E-state index in [1.807, 2.05) is 64.1 Å². The SMILES string of the molecule is C[C@@H](OCc1ccccc1)c1nc2c(F)c(-c3cccc(Cl)c3Cl)c(CCC#N)cc2c(N[C@H]2[C@@H]3C[C@H]2N(C(=O)OC(C)(C)C)C3)c1I. The van der Waals surface area contributed by atoms with Crippen molar-refractivity contribution in [3.63, 3.8) is 0 Å². The van der Waals surface area contributed by atoms with Crippen LogP contribution in [-0.4, -0.2) is 40.2 Å². The first kappa shape index (κ1) is 34.7. The van der Waals surface area contributed by atoms with Crippen molar-refractivity contribution in [2.45, 2.75) is 77.4 Å². The molecule has 250 valence electrons. The summed E-state index contributed by atoms with van der Waals surface area (Å²) < 4.78 is 29.9. The second-order valence-electron chi connectivity index (χ2n) is 13.4. The molecular weight excluding hydrogens is 765 g/mol. The molecule has 0 unspecified atom stereocenters. The largest absolute Gasteiger partial charge is 0.444 e. The Balaban J connectivity index is 1.47. The number of hydrogen-bond donors (Lipinski definition) is 1. The number of benzene rings is 3. The van der Waals surface area contributed by atoms with Gasteiger partial charge in [0.05, 0.1) is 55.9 Å². The van der Waals surface area contributed by atoms with Crippen LogP contribution in [0.3, 0.4) is 0 Å². The number of nitrogens with zero attached hydrogens (tertiary/aromatic N) is 3. The van der Waals surface area contributed by atoms with Gasteiger partial charge in [-0.25, -0.2) is 14.2 Å². The average Bonchev–Trinajstić information content (AvgIpc) is 3.65. The molecule has 11 heteroatoms. The number of fused-ring (bicyclic) bond motifs is 2. The van der Waals surface area contributed by atoms with E-state index in [1.165, 1.54) is 0 Å². The fraction of sp³-hybridized carbons (Fsp3) is 0.378. The lowest BCUT2D eigenvalue weighted by Crippen LogP contribution is -2.50. The van der Waals surface area contributed by atoms with Crippen LogP contribution in [-0.2, 0) is 22.5 Å². The van der Waals surface area contributed by atoms with E-state index in [4.69, 9.17) is 37.7 Å². The van der Waals surface area contributed by atoms with Crippen LogP contribution in [0.5, 0.6) is 0 Å². The Morgan fingerprint density at radius 1 is 1.21 bits per heavy atom. The van der Waals surface area contributed by atoms with Gasteiger partial charge in [0.2, 0.25) is 0 Å². The van der Waals surface area contributed by atoms with E-state index in [9.17, 15) is 10.1 Å². The number of nitriles is 1. The molecule has 0 spiro atoms. The summed E-state index contributed by atoms with van der Waals surface area (Å²) in [5, 5.41) is 14.3. The quantitative estimate of drug-likeness (QED) is 0.170. The topological polar surface area (TPSA) is 87.5 Å². The smallest absolute Gasteiger partial charge is 0.410 e. The van der Waals surface area contributed by atoms with Gasteiger partial charge < -0.3 is 19.7 Å². The summed E-state index contributed by atoms with van der Waals surface area (Å²) in [5.74, 6) is -0.336. The van der Waals surface area contributed by atoms with Crippen LogP contribution in [0.15, 0.2) is 54.6 Å². The molecule has 7 rings (SSSR count). The number of aromatic nitrogens is 1. The van der Waals surface area contributed by atoms with Crippen LogP contribution in [0, 0.1) is 26.6 Å². The molecule has 3 fully saturated rings. The zero-order chi connectivity index (χ0) is 34.3. The molecule has 3 aromatic carbocycles. The molecule has 1 aliphatic carbocycles. The number of rotatable bonds is 9. The van der Waals surface area contributed by atoms with E-state index in [1.54, 1.807) is 23.1 Å². The van der Waals surface area contributed by atoms with Crippen LogP contribution in [0.2, 0.25) is 10.0 Å². The monoisotopic (exact) mass is 800 g/mol. The number of aryl methyl sites for hydroxylation is 1. The van der Waals surface area contributed by atoms with Crippen molar-refractivity contribution in [2.24, 2.45) is 5.92 Å². The maximum atomic E-state index is 17.1. The first-order valence-corrected chi connectivity index (χ1v) is 17.8. The minimum atomic E-state index is -0.602. The van der Waals surface area contributed by atoms with E-state index in [0.29, 0.717) is 46.8 Å². The second-order valence-corrected chi connectivity index (χ2v) is 15.2. The number of anilines is 1. The molecule has 3 heterocycles. The number of halogens is 4. The normalized spacial score (nSPS) is 19.1. The van der Waals surface area contributed by atoms with Gasteiger partial charge in [0.1, 0.15) is 11.1 Å². The third-order valence-electron chi connectivity index (χ3n) is 8.96. The van der Waals surface area contributed by atoms with Gasteiger partial charge in [-0.2, -0.15) is 5.26 Å². The molecule has 1 saturated carbocycles. The summed E-state index contributed by atoms with van der Waals surface area (Å²) in [5.41, 5.74) is 3.21. The van der Waals surface area contributed by atoms with E-state index in [0.717, 1.165) is 21.2 Å². The minimum absolute atomic E-state index is 0.0577. The number of carbonyl (C=O) groups is 1. The molecule has 1 amide bonds. The zero-order valence-corrected chi connectivity index (χ0v) is 30.8. The molecule has 1 N–H and O–H groups in total. The van der Waals surface area contributed by atoms with E-state index in [-0.39, 0.29) is 46.6 Å². The van der Waals surface area contributed by atoms with Crippen molar-refractivity contribution in [3.05, 3.63) is 90.9 Å². The molecule has 0 radical (unpaired) electrons. The van der Waals surface area contributed by atoms with Crippen LogP contribution in [0.25, 0.3) is 22.0 Å². The maximum absolute atomic E-state index is 17.1. The summed E-state index contributed by atoms with van der Waals surface area (Å²) in [4.78, 5) is 19.8. The van der Waals surface area contributed by atoms with Crippen LogP contribution in [0.4, 0.5) is 14.9 Å². The average molecular weight is 802 g/mol. The van der Waals surface area contributed by atoms with Crippen molar-refractivity contribution in [1.29, 1.82) is 5.26 Å². The Morgan fingerprint density at radius 2 is 1.96 bits per heavy atom. The van der Waals surface area contributed by atoms with Crippen molar-refractivity contribution in [1.82, 2.24) is 9.88 Å². The number of ether oxygens (including phenoxy) is 2. The van der Waals surface area contributed by atoms with Crippen molar-refractivity contribution in [3.8, 4) is 17.2 Å². The molecule has 48 heavy (non-hydrogen) atoms. The lowest BCUT2D eigenvalue weighted by Gasteiger charge is -2.38. The molecular formula is C37H36Cl2FIN4O3. The highest BCUT2D eigenvalue weighted by Gasteiger charge is 2.55. The molecule has 2 aliphatic heterocycles. The minimum Gasteiger partial charge on any atom is -0.444 e. The molecule has 7 nitrogen and oxygen atoms in total. The fourth-order valence-electron chi connectivity index (χ4n) is 6.60. The van der Waals surface area contributed by atoms with Gasteiger partial charge in [-0.15, -0.1) is 0 Å². The predicted octanol–water partition coefficient (Wildman–Crippen LogP) is 10.1. The van der Waals surface area contributed by atoms with E-state index >= 15 is 4.39 Å². The third kappa shape index (κ3) is 6.82. The summed E-state index contributed by atoms with van der Waals surface area (Å²) in [7, 11) is 0. The Morgan fingerprint density at radius 3 is 2.67 bits per heavy atom. The Labute approximate surface area is 303 Å². The van der Waals surface area contributed by atoms with Gasteiger partial charge >= 0.3 is 6.09 Å². The highest BCUT2D eigenvalue weighted by Crippen LogP contribution is 2.47. The standard InChI is InChI=1S/C37H36Cl2FIN4O3/c1-20(47-19-21-10-6-5-7-11-21)32-31(41)35(44-33-23-17-27(33)45(18-23)36(46)48-37(2,3)4)25-16-22(12-9-15-42)28(30(40)34(25)43-32)24-13-8-14-26(38)29(24)39/h5-8,10-11,13-14,16,20,23,27,33H,9,12,17-19H2,1-4H3,(H,43,44)/t20-,23-,27-,33+/m1/s1. The molecule has 3 aliphatic rings. The van der Waals surface area contributed by atoms with Gasteiger partial charge in [0, 0.05) is 35.4 Å². The molecule has 4 atom stereocenters. The van der Waals surface area contributed by atoms with Crippen molar-refractivity contribution < 1.29 is 18.7 Å². The van der Waals surface area contributed by atoms with Crippen LogP contribution < -0.4 is 5.32 Å². The van der Waals surface area contributed by atoms with Gasteiger partial charge in [-0.1, -0.05) is 65.7 Å². The van der Waals surface area contributed by atoms with Gasteiger partial charge in [0.25, 0.3) is 0 Å². The predicted molar refractivity (Wildman–Crippen MR) is 196 cm³/mol. The molecule has 2 bridgehead atoms. The third-order valence-corrected chi connectivity index (χ3v) is 10.9. The number of hydrogen-bond acceptors (Lipinski definition) is 6. The van der Waals surface area contributed by atoms with Crippen molar-refractivity contribution in [2.75, 3.05) is 11.9 Å². The van der Waals surface area contributed by atoms with E-state index in [2.05, 4.69) is 34.0 Å². The van der Waals surface area contributed by atoms with Crippen LogP contribution >= 0.6 is 45.8 Å². The number of nitrogens with one attached hydrogen (secondary N) is 1. The zero-order valence-electron chi connectivity index (χ0n) is 27.1. The lowest BCUT2D eigenvalue weighted by atomic mass is 9.79. The summed E-state index contributed by atoms with van der Waals surface area (Å²) in [6.45, 7) is 8.43. The second kappa shape index (κ2) is 14.0. The Bertz CT molecular complexity index is 1910. The molecule has 2 saturated heterocycles. The van der Waals surface area contributed by atoms with Gasteiger partial charge in [-0.05, 0) is 86.4 Å². The highest BCUT2D eigenvalue weighted by molar-refractivity contribution is 14.1. The number of carbonyl (C=O) groups excluding carboxylic acids is 1. The van der Waals surface area contributed by atoms with Gasteiger partial charge in [-0.3, -0.25) is 0 Å². The number of pyridine rings is 1. The summed E-state index contributed by atoms with van der Waals surface area (Å²) in [6.07, 6.45) is 0.541. The number of amides is 1. The summed E-state index contributed by atoms with van der Waals surface area (Å²) in [6, 6.07) is 18.9. The molecule has 4 aromatic rings. The van der Waals surface area contributed by atoms with Crippen molar-refractivity contribution >= 4 is 68.5 Å². The highest BCUT2D eigenvalue weighted by atomic mass is 127. The Hall–Kier alpha value is -3.17. The molecule has 1 aromatic heterocycles. The van der Waals surface area contributed by atoms with E-state index < -0.39 is 17.5 Å².